The summed E-state index contributed by atoms with van der Waals surface area (Å²) in [6.45, 7) is 6.52. The fraction of sp³-hybridized carbons (Fsp3) is 0.421. The highest BCUT2D eigenvalue weighted by atomic mass is 16.2. The van der Waals surface area contributed by atoms with Crippen LogP contribution in [0.2, 0.25) is 0 Å². The summed E-state index contributed by atoms with van der Waals surface area (Å²) in [5, 5.41) is 0. The maximum Gasteiger partial charge on any atom is 0.261 e. The normalized spacial score (nSPS) is 18.6. The van der Waals surface area contributed by atoms with E-state index >= 15 is 0 Å². The zero-order valence-corrected chi connectivity index (χ0v) is 14.9. The minimum absolute atomic E-state index is 0.116. The van der Waals surface area contributed by atoms with E-state index in [4.69, 9.17) is 0 Å². The number of hydrogen-bond acceptors (Lipinski definition) is 4. The molecular formula is C19H24N4O2. The fourth-order valence-electron chi connectivity index (χ4n) is 3.27. The SMILES string of the molecule is CC(C)[C@@H]1CN(C)CCN1C(=O)c1ccc(-c2ccncc2)[nH]c1=O. The van der Waals surface area contributed by atoms with Gasteiger partial charge in [-0.1, -0.05) is 13.8 Å². The van der Waals surface area contributed by atoms with E-state index in [-0.39, 0.29) is 23.1 Å². The van der Waals surface area contributed by atoms with Crippen molar-refractivity contribution in [2.24, 2.45) is 5.92 Å². The molecule has 1 saturated heterocycles. The lowest BCUT2D eigenvalue weighted by Crippen LogP contribution is -2.56. The van der Waals surface area contributed by atoms with Crippen LogP contribution >= 0.6 is 0 Å². The summed E-state index contributed by atoms with van der Waals surface area (Å²) in [5.74, 6) is 0.149. The van der Waals surface area contributed by atoms with Crippen molar-refractivity contribution in [3.63, 3.8) is 0 Å². The summed E-state index contributed by atoms with van der Waals surface area (Å²) >= 11 is 0. The molecule has 0 spiro atoms. The quantitative estimate of drug-likeness (QED) is 0.926. The Morgan fingerprint density at radius 3 is 2.56 bits per heavy atom. The summed E-state index contributed by atoms with van der Waals surface area (Å²) in [7, 11) is 2.06. The molecule has 0 aliphatic carbocycles. The Kier molecular flexibility index (Phi) is 4.99. The zero-order chi connectivity index (χ0) is 18.0. The Morgan fingerprint density at radius 1 is 1.20 bits per heavy atom. The van der Waals surface area contributed by atoms with Gasteiger partial charge >= 0.3 is 0 Å². The second-order valence-corrected chi connectivity index (χ2v) is 6.92. The number of carbonyl (C=O) groups is 1. The number of nitrogens with zero attached hydrogens (tertiary/aromatic N) is 3. The Bertz CT molecular complexity index is 801. The van der Waals surface area contributed by atoms with E-state index in [1.165, 1.54) is 0 Å². The first-order valence-corrected chi connectivity index (χ1v) is 8.60. The first-order chi connectivity index (χ1) is 12.0. The number of piperazine rings is 1. The van der Waals surface area contributed by atoms with E-state index in [2.05, 4.69) is 35.8 Å². The number of amides is 1. The van der Waals surface area contributed by atoms with Crippen LogP contribution in [0.5, 0.6) is 0 Å². The molecule has 0 unspecified atom stereocenters. The fourth-order valence-corrected chi connectivity index (χ4v) is 3.27. The van der Waals surface area contributed by atoms with Crippen LogP contribution in [0.25, 0.3) is 11.3 Å². The maximum absolute atomic E-state index is 13.0. The predicted octanol–water partition coefficient (Wildman–Crippen LogP) is 1.85. The van der Waals surface area contributed by atoms with E-state index in [1.807, 2.05) is 17.0 Å². The molecule has 1 amide bonds. The molecule has 6 heteroatoms. The average Bonchev–Trinajstić information content (AvgIpc) is 2.61. The molecule has 2 aromatic rings. The summed E-state index contributed by atoms with van der Waals surface area (Å²) in [5.41, 5.74) is 1.40. The summed E-state index contributed by atoms with van der Waals surface area (Å²) in [4.78, 5) is 36.4. The van der Waals surface area contributed by atoms with Crippen molar-refractivity contribution < 1.29 is 4.79 Å². The van der Waals surface area contributed by atoms with Crippen molar-refractivity contribution in [3.05, 3.63) is 52.6 Å². The molecule has 6 nitrogen and oxygen atoms in total. The molecule has 0 bridgehead atoms. The number of hydrogen-bond donors (Lipinski definition) is 1. The van der Waals surface area contributed by atoms with Crippen LogP contribution < -0.4 is 5.56 Å². The summed E-state index contributed by atoms with van der Waals surface area (Å²) in [6.07, 6.45) is 3.34. The lowest BCUT2D eigenvalue weighted by atomic mass is 9.98. The van der Waals surface area contributed by atoms with Gasteiger partial charge in [0, 0.05) is 49.3 Å². The van der Waals surface area contributed by atoms with Gasteiger partial charge in [0.25, 0.3) is 11.5 Å². The molecule has 3 heterocycles. The van der Waals surface area contributed by atoms with Gasteiger partial charge in [-0.25, -0.2) is 0 Å². The summed E-state index contributed by atoms with van der Waals surface area (Å²) in [6, 6.07) is 7.17. The topological polar surface area (TPSA) is 69.3 Å². The minimum atomic E-state index is -0.347. The molecule has 0 saturated carbocycles. The van der Waals surface area contributed by atoms with Crippen molar-refractivity contribution >= 4 is 5.91 Å². The Hall–Kier alpha value is -2.47. The Morgan fingerprint density at radius 2 is 1.92 bits per heavy atom. The molecule has 2 aromatic heterocycles. The van der Waals surface area contributed by atoms with Crippen LogP contribution in [0, 0.1) is 5.92 Å². The second-order valence-electron chi connectivity index (χ2n) is 6.92. The zero-order valence-electron chi connectivity index (χ0n) is 14.9. The number of pyridine rings is 2. The molecule has 1 atom stereocenters. The van der Waals surface area contributed by atoms with Gasteiger partial charge in [0.1, 0.15) is 5.56 Å². The standard InChI is InChI=1S/C19H24N4O2/c1-13(2)17-12-22(3)10-11-23(17)19(25)15-4-5-16(21-18(15)24)14-6-8-20-9-7-14/h4-9,13,17H,10-12H2,1-3H3,(H,21,24)/t17-/m0/s1. The van der Waals surface area contributed by atoms with Gasteiger partial charge in [0.15, 0.2) is 0 Å². The highest BCUT2D eigenvalue weighted by molar-refractivity contribution is 5.94. The van der Waals surface area contributed by atoms with Crippen LogP contribution in [0.15, 0.2) is 41.5 Å². The number of aromatic nitrogens is 2. The van der Waals surface area contributed by atoms with Crippen LogP contribution in [0.3, 0.4) is 0 Å². The number of rotatable bonds is 3. The third kappa shape index (κ3) is 3.64. The summed E-state index contributed by atoms with van der Waals surface area (Å²) < 4.78 is 0. The monoisotopic (exact) mass is 340 g/mol. The van der Waals surface area contributed by atoms with Crippen LogP contribution in [0.4, 0.5) is 0 Å². The van der Waals surface area contributed by atoms with Crippen LogP contribution in [0.1, 0.15) is 24.2 Å². The minimum Gasteiger partial charge on any atom is -0.333 e. The van der Waals surface area contributed by atoms with E-state index in [9.17, 15) is 9.59 Å². The van der Waals surface area contributed by atoms with E-state index in [1.54, 1.807) is 24.5 Å². The largest absolute Gasteiger partial charge is 0.333 e. The van der Waals surface area contributed by atoms with Crippen LogP contribution in [-0.4, -0.2) is 58.4 Å². The Balaban J connectivity index is 1.88. The van der Waals surface area contributed by atoms with Gasteiger partial charge < -0.3 is 14.8 Å². The molecular weight excluding hydrogens is 316 g/mol. The molecule has 1 N–H and O–H groups in total. The van der Waals surface area contributed by atoms with E-state index in [0.29, 0.717) is 18.2 Å². The van der Waals surface area contributed by atoms with Gasteiger partial charge in [-0.15, -0.1) is 0 Å². The number of H-pyrrole nitrogens is 1. The van der Waals surface area contributed by atoms with Crippen molar-refractivity contribution in [2.75, 3.05) is 26.7 Å². The Labute approximate surface area is 147 Å². The molecule has 132 valence electrons. The lowest BCUT2D eigenvalue weighted by molar-refractivity contribution is 0.0401. The molecule has 0 radical (unpaired) electrons. The third-order valence-electron chi connectivity index (χ3n) is 4.78. The molecule has 1 aliphatic rings. The van der Waals surface area contributed by atoms with E-state index < -0.39 is 0 Å². The van der Waals surface area contributed by atoms with Crippen molar-refractivity contribution in [2.45, 2.75) is 19.9 Å². The number of nitrogens with one attached hydrogen (secondary N) is 1. The predicted molar refractivity (Wildman–Crippen MR) is 97.5 cm³/mol. The number of likely N-dealkylation sites (N-methyl/N-ethyl adjacent to an activating group) is 1. The van der Waals surface area contributed by atoms with Gasteiger partial charge in [0.05, 0.1) is 0 Å². The highest BCUT2D eigenvalue weighted by Gasteiger charge is 2.32. The maximum atomic E-state index is 13.0. The van der Waals surface area contributed by atoms with Gasteiger partial charge in [-0.3, -0.25) is 14.6 Å². The smallest absolute Gasteiger partial charge is 0.261 e. The number of aromatic amines is 1. The average molecular weight is 340 g/mol. The van der Waals surface area contributed by atoms with Gasteiger partial charge in [-0.05, 0) is 37.2 Å². The first-order valence-electron chi connectivity index (χ1n) is 8.60. The molecule has 3 rings (SSSR count). The van der Waals surface area contributed by atoms with Gasteiger partial charge in [0.2, 0.25) is 0 Å². The van der Waals surface area contributed by atoms with Crippen LogP contribution in [-0.2, 0) is 0 Å². The third-order valence-corrected chi connectivity index (χ3v) is 4.78. The van der Waals surface area contributed by atoms with Crippen molar-refractivity contribution in [1.29, 1.82) is 0 Å². The molecule has 25 heavy (non-hydrogen) atoms. The molecule has 1 fully saturated rings. The number of carbonyl (C=O) groups excluding carboxylic acids is 1. The highest BCUT2D eigenvalue weighted by Crippen LogP contribution is 2.19. The second kappa shape index (κ2) is 7.19. The van der Waals surface area contributed by atoms with Crippen molar-refractivity contribution in [3.8, 4) is 11.3 Å². The first kappa shape index (κ1) is 17.4. The van der Waals surface area contributed by atoms with Crippen molar-refractivity contribution in [1.82, 2.24) is 19.8 Å². The van der Waals surface area contributed by atoms with Gasteiger partial charge in [-0.2, -0.15) is 0 Å². The lowest BCUT2D eigenvalue weighted by Gasteiger charge is -2.42. The molecule has 0 aromatic carbocycles. The van der Waals surface area contributed by atoms with E-state index in [0.717, 1.165) is 18.7 Å². The molecule has 1 aliphatic heterocycles.